The number of hydrogen-bond acceptors (Lipinski definition) is 8. The van der Waals surface area contributed by atoms with Gasteiger partial charge in [0.05, 0.1) is 5.69 Å². The van der Waals surface area contributed by atoms with Crippen molar-refractivity contribution in [2.24, 2.45) is 23.5 Å². The van der Waals surface area contributed by atoms with Gasteiger partial charge in [-0.3, -0.25) is 5.10 Å². The number of thiazole rings is 1. The van der Waals surface area contributed by atoms with Crippen LogP contribution in [0.2, 0.25) is 0 Å². The Kier molecular flexibility index (Phi) is 4.77. The minimum atomic E-state index is -0.746. The van der Waals surface area contributed by atoms with Gasteiger partial charge in [-0.1, -0.05) is 0 Å². The fraction of sp³-hybridized carbons (Fsp3) is 0.667. The maximum absolute atomic E-state index is 14.6. The third kappa shape index (κ3) is 2.94. The van der Waals surface area contributed by atoms with E-state index in [1.54, 1.807) is 11.3 Å². The molecule has 3 aliphatic heterocycles. The number of nitrogens with zero attached hydrogens (tertiary/aromatic N) is 3. The fourth-order valence-corrected chi connectivity index (χ4v) is 8.54. The fourth-order valence-electron chi connectivity index (χ4n) is 7.40. The van der Waals surface area contributed by atoms with Gasteiger partial charge in [-0.15, -0.1) is 11.3 Å². The SMILES string of the molecule is Cc1csc([C@]2(CN)[C@@H]3CN(C4=CNc5c(C6CCC(F)C7NCCCC67)n[nH]c5N4)C[C@@H]32)n1. The van der Waals surface area contributed by atoms with E-state index in [2.05, 4.69) is 44.5 Å². The topological polar surface area (TPSA) is 107 Å². The molecule has 7 atom stereocenters. The molecule has 6 N–H and O–H groups in total. The number of piperidine rings is 2. The molecule has 2 saturated carbocycles. The van der Waals surface area contributed by atoms with Crippen molar-refractivity contribution in [3.63, 3.8) is 0 Å². The Morgan fingerprint density at radius 1 is 1.26 bits per heavy atom. The monoisotopic (exact) mass is 484 g/mol. The number of nitrogens with two attached hydrogens (primary N) is 1. The van der Waals surface area contributed by atoms with Gasteiger partial charge in [0.2, 0.25) is 0 Å². The maximum Gasteiger partial charge on any atom is 0.151 e. The van der Waals surface area contributed by atoms with Gasteiger partial charge in [0.15, 0.2) is 5.82 Å². The summed E-state index contributed by atoms with van der Waals surface area (Å²) in [6.45, 7) is 5.60. The molecule has 0 radical (unpaired) electrons. The smallest absolute Gasteiger partial charge is 0.151 e. The summed E-state index contributed by atoms with van der Waals surface area (Å²) < 4.78 is 14.6. The van der Waals surface area contributed by atoms with Crippen LogP contribution in [0.15, 0.2) is 17.4 Å². The average Bonchev–Trinajstić information content (AvgIpc) is 3.35. The summed E-state index contributed by atoms with van der Waals surface area (Å²) in [4.78, 5) is 7.19. The molecule has 8 nitrogen and oxygen atoms in total. The number of aryl methyl sites for hydroxylation is 1. The van der Waals surface area contributed by atoms with Gasteiger partial charge in [-0.25, -0.2) is 9.37 Å². The van der Waals surface area contributed by atoms with E-state index in [1.807, 2.05) is 0 Å². The number of aromatic nitrogens is 3. The van der Waals surface area contributed by atoms with E-state index in [0.717, 1.165) is 67.6 Å². The average molecular weight is 485 g/mol. The molecule has 0 amide bonds. The molecule has 10 heteroatoms. The van der Waals surface area contributed by atoms with Crippen molar-refractivity contribution < 1.29 is 4.39 Å². The van der Waals surface area contributed by atoms with E-state index in [9.17, 15) is 4.39 Å². The summed E-state index contributed by atoms with van der Waals surface area (Å²) in [5.41, 5.74) is 9.50. The van der Waals surface area contributed by atoms with Crippen LogP contribution in [0.25, 0.3) is 0 Å². The largest absolute Gasteiger partial charge is 0.356 e. The zero-order valence-electron chi connectivity index (χ0n) is 19.5. The van der Waals surface area contributed by atoms with E-state index in [-0.39, 0.29) is 17.4 Å². The third-order valence-electron chi connectivity index (χ3n) is 9.20. The van der Waals surface area contributed by atoms with E-state index >= 15 is 0 Å². The Morgan fingerprint density at radius 2 is 2.12 bits per heavy atom. The van der Waals surface area contributed by atoms with E-state index in [1.165, 1.54) is 5.01 Å². The Balaban J connectivity index is 1.06. The van der Waals surface area contributed by atoms with Crippen molar-refractivity contribution in [1.82, 2.24) is 25.4 Å². The molecule has 0 spiro atoms. The number of fused-ring (bicyclic) bond motifs is 3. The lowest BCUT2D eigenvalue weighted by Crippen LogP contribution is -2.52. The van der Waals surface area contributed by atoms with Crippen LogP contribution in [0.3, 0.4) is 0 Å². The van der Waals surface area contributed by atoms with Crippen molar-refractivity contribution in [3.05, 3.63) is 33.8 Å². The predicted octanol–water partition coefficient (Wildman–Crippen LogP) is 2.85. The van der Waals surface area contributed by atoms with E-state index < -0.39 is 6.17 Å². The molecule has 0 aromatic carbocycles. The summed E-state index contributed by atoms with van der Waals surface area (Å²) >= 11 is 1.76. The number of aromatic amines is 1. The molecule has 5 aliphatic rings. The molecule has 2 aliphatic carbocycles. The van der Waals surface area contributed by atoms with Gasteiger partial charge in [0, 0.05) is 54.3 Å². The molecular weight excluding hydrogens is 451 g/mol. The number of halogens is 1. The Morgan fingerprint density at radius 3 is 2.88 bits per heavy atom. The lowest BCUT2D eigenvalue weighted by atomic mass is 9.69. The maximum atomic E-state index is 14.6. The number of anilines is 2. The zero-order chi connectivity index (χ0) is 23.0. The number of nitrogens with one attached hydrogen (secondary N) is 4. The van der Waals surface area contributed by atoms with Crippen molar-refractivity contribution in [2.75, 3.05) is 36.8 Å². The first-order chi connectivity index (χ1) is 16.6. The minimum Gasteiger partial charge on any atom is -0.356 e. The normalized spacial score (nSPS) is 38.3. The third-order valence-corrected chi connectivity index (χ3v) is 10.4. The van der Waals surface area contributed by atoms with Crippen LogP contribution in [-0.4, -0.2) is 58.5 Å². The number of alkyl halides is 1. The Labute approximate surface area is 203 Å². The second kappa shape index (κ2) is 7.66. The van der Waals surface area contributed by atoms with Crippen LogP contribution in [0, 0.1) is 24.7 Å². The van der Waals surface area contributed by atoms with E-state index in [0.29, 0.717) is 30.7 Å². The predicted molar refractivity (Wildman–Crippen MR) is 131 cm³/mol. The van der Waals surface area contributed by atoms with Crippen molar-refractivity contribution in [3.8, 4) is 0 Å². The lowest BCUT2D eigenvalue weighted by Gasteiger charge is -2.43. The first kappa shape index (κ1) is 21.1. The van der Waals surface area contributed by atoms with Gasteiger partial charge in [0.1, 0.15) is 22.7 Å². The van der Waals surface area contributed by atoms with Crippen LogP contribution in [0.1, 0.15) is 48.0 Å². The lowest BCUT2D eigenvalue weighted by molar-refractivity contribution is 0.0902. The molecule has 2 aromatic rings. The molecular formula is C24H33FN8S. The number of H-pyrrole nitrogens is 1. The second-order valence-corrected chi connectivity index (χ2v) is 11.7. The van der Waals surface area contributed by atoms with Crippen LogP contribution in [0.4, 0.5) is 15.9 Å². The highest BCUT2D eigenvalue weighted by atomic mass is 32.1. The summed E-state index contributed by atoms with van der Waals surface area (Å²) in [6, 6.07) is -0.0386. The second-order valence-electron chi connectivity index (χ2n) is 10.8. The first-order valence-electron chi connectivity index (χ1n) is 12.7. The minimum absolute atomic E-state index is 0.0386. The zero-order valence-corrected chi connectivity index (χ0v) is 20.3. The van der Waals surface area contributed by atoms with Crippen LogP contribution in [-0.2, 0) is 5.41 Å². The number of likely N-dealkylation sites (tertiary alicyclic amines) is 1. The highest BCUT2D eigenvalue weighted by molar-refractivity contribution is 7.09. The first-order valence-corrected chi connectivity index (χ1v) is 13.5. The van der Waals surface area contributed by atoms with Crippen molar-refractivity contribution in [1.29, 1.82) is 0 Å². The Bertz CT molecular complexity index is 1110. The molecule has 2 saturated heterocycles. The number of hydrogen-bond donors (Lipinski definition) is 5. The Hall–Kier alpha value is -2.17. The van der Waals surface area contributed by atoms with E-state index in [4.69, 9.17) is 15.8 Å². The van der Waals surface area contributed by atoms with Gasteiger partial charge >= 0.3 is 0 Å². The molecule has 4 fully saturated rings. The van der Waals surface area contributed by atoms with Gasteiger partial charge in [-0.05, 0) is 56.9 Å². The molecule has 4 unspecified atom stereocenters. The highest BCUT2D eigenvalue weighted by Crippen LogP contribution is 2.64. The molecule has 34 heavy (non-hydrogen) atoms. The molecule has 2 aromatic heterocycles. The van der Waals surface area contributed by atoms with Crippen LogP contribution < -0.4 is 21.7 Å². The quantitative estimate of drug-likeness (QED) is 0.454. The van der Waals surface area contributed by atoms with Gasteiger partial charge in [0.25, 0.3) is 0 Å². The summed E-state index contributed by atoms with van der Waals surface area (Å²) in [5.74, 6) is 3.67. The molecule has 7 rings (SSSR count). The standard InChI is InChI=1S/C24H33FN8S/c1-12-10-34-23(29-12)24(11-26)15-8-33(9-16(15)24)18-7-28-21-20(31-32-22(21)30-18)14-4-5-17(25)19-13(14)3-2-6-27-19/h7,10,13-17,19,27-28H,2-6,8-9,11,26H2,1H3,(H2,30,31,32)/t13?,14?,15-,16+,17?,19?,24-. The summed E-state index contributed by atoms with van der Waals surface area (Å²) in [5, 5.41) is 21.9. The van der Waals surface area contributed by atoms with Crippen LogP contribution in [0.5, 0.6) is 0 Å². The molecule has 182 valence electrons. The van der Waals surface area contributed by atoms with Crippen molar-refractivity contribution >= 4 is 22.8 Å². The summed E-state index contributed by atoms with van der Waals surface area (Å²) in [7, 11) is 0. The van der Waals surface area contributed by atoms with Gasteiger partial charge < -0.3 is 26.6 Å². The van der Waals surface area contributed by atoms with Gasteiger partial charge in [-0.2, -0.15) is 5.10 Å². The van der Waals surface area contributed by atoms with Crippen molar-refractivity contribution in [2.45, 2.75) is 56.2 Å². The molecule has 0 bridgehead atoms. The molecule has 5 heterocycles. The number of rotatable bonds is 4. The highest BCUT2D eigenvalue weighted by Gasteiger charge is 2.69. The van der Waals surface area contributed by atoms with Crippen LogP contribution >= 0.6 is 11.3 Å². The summed E-state index contributed by atoms with van der Waals surface area (Å²) in [6.07, 6.45) is 4.96.